The molecule has 7 nitrogen and oxygen atoms in total. The van der Waals surface area contributed by atoms with Gasteiger partial charge in [-0.25, -0.2) is 4.98 Å². The van der Waals surface area contributed by atoms with Gasteiger partial charge in [-0.1, -0.05) is 30.3 Å². The number of aromatic nitrogens is 1. The van der Waals surface area contributed by atoms with Crippen LogP contribution >= 0.6 is 11.3 Å². The number of hydrogen-bond acceptors (Lipinski definition) is 6. The van der Waals surface area contributed by atoms with Gasteiger partial charge in [-0.2, -0.15) is 0 Å². The average Bonchev–Trinajstić information content (AvgIpc) is 3.28. The fourth-order valence-corrected chi connectivity index (χ4v) is 3.78. The van der Waals surface area contributed by atoms with Crippen LogP contribution in [0.25, 0.3) is 11.3 Å². The van der Waals surface area contributed by atoms with Crippen molar-refractivity contribution in [1.82, 2.24) is 10.3 Å². The number of carboxylic acid groups (broad SMARTS) is 1. The molecule has 0 aliphatic rings. The lowest BCUT2D eigenvalue weighted by Gasteiger charge is -2.20. The van der Waals surface area contributed by atoms with E-state index in [1.807, 2.05) is 47.9 Å². The van der Waals surface area contributed by atoms with Crippen molar-refractivity contribution in [1.29, 1.82) is 0 Å². The molecule has 0 atom stereocenters. The van der Waals surface area contributed by atoms with Gasteiger partial charge < -0.3 is 20.1 Å². The Morgan fingerprint density at radius 2 is 2.03 bits per heavy atom. The zero-order chi connectivity index (χ0) is 22.2. The predicted octanol–water partition coefficient (Wildman–Crippen LogP) is 3.83. The van der Waals surface area contributed by atoms with Crippen molar-refractivity contribution >= 4 is 28.3 Å². The van der Waals surface area contributed by atoms with E-state index in [-0.39, 0.29) is 0 Å². The Balaban J connectivity index is 1.73. The lowest BCUT2D eigenvalue weighted by atomic mass is 10.1. The van der Waals surface area contributed by atoms with Crippen molar-refractivity contribution in [2.45, 2.75) is 6.54 Å². The van der Waals surface area contributed by atoms with E-state index >= 15 is 0 Å². The number of amides is 1. The zero-order valence-electron chi connectivity index (χ0n) is 17.1. The maximum absolute atomic E-state index is 12.0. The Morgan fingerprint density at radius 1 is 1.26 bits per heavy atom. The summed E-state index contributed by atoms with van der Waals surface area (Å²) in [6, 6.07) is 14.8. The minimum Gasteiger partial charge on any atom is -0.497 e. The molecule has 0 fully saturated rings. The Morgan fingerprint density at radius 3 is 2.71 bits per heavy atom. The van der Waals surface area contributed by atoms with Crippen molar-refractivity contribution < 1.29 is 19.4 Å². The molecule has 2 N–H and O–H groups in total. The van der Waals surface area contributed by atoms with Gasteiger partial charge in [-0.05, 0) is 29.8 Å². The predicted molar refractivity (Wildman–Crippen MR) is 122 cm³/mol. The number of anilines is 1. The average molecular weight is 438 g/mol. The molecule has 0 aliphatic heterocycles. The van der Waals surface area contributed by atoms with Gasteiger partial charge in [-0.15, -0.1) is 17.9 Å². The molecule has 0 radical (unpaired) electrons. The van der Waals surface area contributed by atoms with Gasteiger partial charge in [0.15, 0.2) is 5.13 Å². The third-order valence-corrected chi connectivity index (χ3v) is 5.37. The fourth-order valence-electron chi connectivity index (χ4n) is 2.93. The molecule has 3 rings (SSSR count). The lowest BCUT2D eigenvalue weighted by Crippen LogP contribution is -2.29. The van der Waals surface area contributed by atoms with E-state index in [0.717, 1.165) is 27.7 Å². The van der Waals surface area contributed by atoms with Gasteiger partial charge in [0.05, 0.1) is 12.8 Å². The number of hydrogen-bond donors (Lipinski definition) is 2. The number of methoxy groups -OCH3 is 1. The first-order chi connectivity index (χ1) is 15.0. The second-order valence-corrected chi connectivity index (χ2v) is 7.53. The lowest BCUT2D eigenvalue weighted by molar-refractivity contribution is -0.135. The summed E-state index contributed by atoms with van der Waals surface area (Å²) in [5.74, 6) is -0.718. The topological polar surface area (TPSA) is 91.8 Å². The number of carbonyl (C=O) groups excluding carboxylic acids is 1. The van der Waals surface area contributed by atoms with E-state index in [2.05, 4.69) is 16.8 Å². The fraction of sp³-hybridized carbons (Fsp3) is 0.174. The molecule has 0 aliphatic carbocycles. The molecule has 0 bridgehead atoms. The maximum atomic E-state index is 12.0. The first-order valence-corrected chi connectivity index (χ1v) is 10.4. The van der Waals surface area contributed by atoms with Crippen LogP contribution in [0.5, 0.6) is 5.75 Å². The van der Waals surface area contributed by atoms with Gasteiger partial charge in [0.1, 0.15) is 12.3 Å². The first-order valence-electron chi connectivity index (χ1n) is 9.55. The standard InChI is InChI=1S/C23H23N3O4S/c1-3-11-26(14-16-7-9-17(10-8-16)22(29)24-13-21(27)28)23-25-20(15-31-23)18-5-4-6-19(12-18)30-2/h3-10,12,15H,1,11,13-14H2,2H3,(H,24,29)(H,27,28). The van der Waals surface area contributed by atoms with E-state index in [9.17, 15) is 9.59 Å². The van der Waals surface area contributed by atoms with Crippen LogP contribution in [0.15, 0.2) is 66.6 Å². The van der Waals surface area contributed by atoms with Crippen molar-refractivity contribution in [2.24, 2.45) is 0 Å². The van der Waals surface area contributed by atoms with Gasteiger partial charge in [0.25, 0.3) is 5.91 Å². The normalized spacial score (nSPS) is 10.4. The number of ether oxygens (including phenoxy) is 1. The summed E-state index contributed by atoms with van der Waals surface area (Å²) in [4.78, 5) is 29.4. The Kier molecular flexibility index (Phi) is 7.40. The summed E-state index contributed by atoms with van der Waals surface area (Å²) in [7, 11) is 1.64. The third-order valence-electron chi connectivity index (χ3n) is 4.47. The largest absolute Gasteiger partial charge is 0.497 e. The molecule has 3 aromatic rings. The van der Waals surface area contributed by atoms with E-state index in [1.54, 1.807) is 30.6 Å². The van der Waals surface area contributed by atoms with Crippen LogP contribution < -0.4 is 15.0 Å². The van der Waals surface area contributed by atoms with Crippen molar-refractivity contribution in [3.05, 3.63) is 77.7 Å². The maximum Gasteiger partial charge on any atom is 0.322 e. The summed E-state index contributed by atoms with van der Waals surface area (Å²) in [6.45, 7) is 4.64. The number of carbonyl (C=O) groups is 2. The number of nitrogens with one attached hydrogen (secondary N) is 1. The highest BCUT2D eigenvalue weighted by molar-refractivity contribution is 7.14. The number of carboxylic acids is 1. The second-order valence-electron chi connectivity index (χ2n) is 6.69. The number of benzene rings is 2. The Labute approximate surface area is 184 Å². The van der Waals surface area contributed by atoms with Crippen molar-refractivity contribution in [3.63, 3.8) is 0 Å². The monoisotopic (exact) mass is 437 g/mol. The quantitative estimate of drug-likeness (QED) is 0.469. The van der Waals surface area contributed by atoms with Crippen molar-refractivity contribution in [2.75, 3.05) is 25.1 Å². The smallest absolute Gasteiger partial charge is 0.322 e. The molecule has 1 aromatic heterocycles. The highest BCUT2D eigenvalue weighted by atomic mass is 32.1. The Hall–Kier alpha value is -3.65. The molecule has 0 unspecified atom stereocenters. The van der Waals surface area contributed by atoms with Gasteiger partial charge in [0, 0.05) is 29.6 Å². The summed E-state index contributed by atoms with van der Waals surface area (Å²) in [5, 5.41) is 13.9. The highest BCUT2D eigenvalue weighted by Gasteiger charge is 2.13. The summed E-state index contributed by atoms with van der Waals surface area (Å²) < 4.78 is 5.30. The molecule has 8 heteroatoms. The van der Waals surface area contributed by atoms with Gasteiger partial charge >= 0.3 is 5.97 Å². The number of thiazole rings is 1. The molecule has 1 heterocycles. The van der Waals surface area contributed by atoms with Crippen LogP contribution in [0, 0.1) is 0 Å². The van der Waals surface area contributed by atoms with Gasteiger partial charge in [-0.3, -0.25) is 9.59 Å². The molecule has 1 amide bonds. The number of aliphatic carboxylic acids is 1. The van der Waals surface area contributed by atoms with Crippen molar-refractivity contribution in [3.8, 4) is 17.0 Å². The third kappa shape index (κ3) is 5.93. The van der Waals surface area contributed by atoms with Gasteiger partial charge in [0.2, 0.25) is 0 Å². The first kappa shape index (κ1) is 22.0. The molecule has 2 aromatic carbocycles. The molecule has 0 spiro atoms. The van der Waals surface area contributed by atoms with Crippen LogP contribution in [0.4, 0.5) is 5.13 Å². The van der Waals surface area contributed by atoms with Crippen LogP contribution in [-0.2, 0) is 11.3 Å². The van der Waals surface area contributed by atoms with E-state index in [1.165, 1.54) is 0 Å². The molecular formula is C23H23N3O4S. The molecule has 31 heavy (non-hydrogen) atoms. The van der Waals surface area contributed by atoms with Crippen LogP contribution in [0.1, 0.15) is 15.9 Å². The SMILES string of the molecule is C=CCN(Cc1ccc(C(=O)NCC(=O)O)cc1)c1nc(-c2cccc(OC)c2)cs1. The summed E-state index contributed by atoms with van der Waals surface area (Å²) in [5.41, 5.74) is 3.26. The van der Waals surface area contributed by atoms with Crippen LogP contribution in [0.3, 0.4) is 0 Å². The highest BCUT2D eigenvalue weighted by Crippen LogP contribution is 2.30. The molecule has 0 saturated heterocycles. The summed E-state index contributed by atoms with van der Waals surface area (Å²) >= 11 is 1.55. The molecule has 160 valence electrons. The Bertz CT molecular complexity index is 1060. The number of nitrogens with zero attached hydrogens (tertiary/aromatic N) is 2. The minimum absolute atomic E-state index is 0.409. The second kappa shape index (κ2) is 10.4. The summed E-state index contributed by atoms with van der Waals surface area (Å²) in [6.07, 6.45) is 1.82. The number of rotatable bonds is 10. The minimum atomic E-state index is -1.08. The van der Waals surface area contributed by atoms with Crippen LogP contribution in [0.2, 0.25) is 0 Å². The van der Waals surface area contributed by atoms with E-state index < -0.39 is 18.4 Å². The molecular weight excluding hydrogens is 414 g/mol. The zero-order valence-corrected chi connectivity index (χ0v) is 17.9. The molecule has 0 saturated carbocycles. The van der Waals surface area contributed by atoms with Crippen LogP contribution in [-0.4, -0.2) is 42.2 Å². The van der Waals surface area contributed by atoms with E-state index in [4.69, 9.17) is 14.8 Å². The van der Waals surface area contributed by atoms with E-state index in [0.29, 0.717) is 18.7 Å².